The van der Waals surface area contributed by atoms with Crippen LogP contribution in [0.15, 0.2) is 24.3 Å². The van der Waals surface area contributed by atoms with Crippen molar-refractivity contribution in [2.45, 2.75) is 26.7 Å². The number of anilines is 1. The van der Waals surface area contributed by atoms with Crippen molar-refractivity contribution in [1.82, 2.24) is 9.97 Å². The Bertz CT molecular complexity index is 600. The summed E-state index contributed by atoms with van der Waals surface area (Å²) >= 11 is 0. The van der Waals surface area contributed by atoms with Crippen LogP contribution in [0.2, 0.25) is 0 Å². The molecule has 2 aromatic rings. The van der Waals surface area contributed by atoms with Gasteiger partial charge in [0.05, 0.1) is 0 Å². The summed E-state index contributed by atoms with van der Waals surface area (Å²) in [5, 5.41) is 3.13. The van der Waals surface area contributed by atoms with E-state index in [1.54, 1.807) is 0 Å². The molecule has 3 nitrogen and oxygen atoms in total. The van der Waals surface area contributed by atoms with Crippen molar-refractivity contribution in [3.8, 4) is 0 Å². The fourth-order valence-corrected chi connectivity index (χ4v) is 1.92. The lowest BCUT2D eigenvalue weighted by Gasteiger charge is -2.08. The number of halogens is 2. The van der Waals surface area contributed by atoms with Gasteiger partial charge in [-0.3, -0.25) is 0 Å². The van der Waals surface area contributed by atoms with E-state index < -0.39 is 11.6 Å². The number of nitrogens with zero attached hydrogens (tertiary/aromatic N) is 2. The van der Waals surface area contributed by atoms with Crippen LogP contribution in [0.5, 0.6) is 0 Å². The first-order valence-electron chi connectivity index (χ1n) is 6.67. The van der Waals surface area contributed by atoms with Gasteiger partial charge in [-0.05, 0) is 25.0 Å². The first-order chi connectivity index (χ1) is 9.62. The summed E-state index contributed by atoms with van der Waals surface area (Å²) in [6, 6.07) is 5.44. The smallest absolute Gasteiger partial charge is 0.135 e. The lowest BCUT2D eigenvalue weighted by Crippen LogP contribution is -2.07. The minimum atomic E-state index is -0.581. The van der Waals surface area contributed by atoms with Gasteiger partial charge in [-0.2, -0.15) is 0 Å². The second-order valence-corrected chi connectivity index (χ2v) is 4.46. The Balaban J connectivity index is 2.29. The van der Waals surface area contributed by atoms with Gasteiger partial charge in [0.25, 0.3) is 0 Å². The summed E-state index contributed by atoms with van der Waals surface area (Å²) in [5.74, 6) is 0.117. The van der Waals surface area contributed by atoms with Gasteiger partial charge in [0.2, 0.25) is 0 Å². The van der Waals surface area contributed by atoms with Crippen molar-refractivity contribution in [1.29, 1.82) is 0 Å². The Hall–Kier alpha value is -2.04. The molecule has 0 amide bonds. The first kappa shape index (κ1) is 14.4. The molecule has 106 valence electrons. The molecule has 2 rings (SSSR count). The second-order valence-electron chi connectivity index (χ2n) is 4.46. The summed E-state index contributed by atoms with van der Waals surface area (Å²) in [7, 11) is 0. The number of rotatable bonds is 5. The van der Waals surface area contributed by atoms with Crippen molar-refractivity contribution in [2.75, 3.05) is 11.9 Å². The first-order valence-corrected chi connectivity index (χ1v) is 6.67. The molecule has 20 heavy (non-hydrogen) atoms. The van der Waals surface area contributed by atoms with Crippen molar-refractivity contribution in [3.05, 3.63) is 53.0 Å². The highest BCUT2D eigenvalue weighted by molar-refractivity contribution is 5.37. The Morgan fingerprint density at radius 2 is 1.90 bits per heavy atom. The van der Waals surface area contributed by atoms with Gasteiger partial charge in [0, 0.05) is 30.8 Å². The normalized spacial score (nSPS) is 10.6. The zero-order valence-electron chi connectivity index (χ0n) is 11.6. The maximum absolute atomic E-state index is 13.7. The van der Waals surface area contributed by atoms with E-state index in [1.165, 1.54) is 12.1 Å². The number of hydrogen-bond acceptors (Lipinski definition) is 3. The molecule has 0 aliphatic heterocycles. The van der Waals surface area contributed by atoms with Crippen LogP contribution in [0.1, 0.15) is 30.9 Å². The maximum Gasteiger partial charge on any atom is 0.135 e. The standard InChI is InChI=1S/C15H17F2N3/c1-3-12-9-14(18-4-2)20-15(19-12)7-10-5-6-11(16)8-13(10)17/h5-6,8-9H,3-4,7H2,1-2H3,(H,18,19,20). The van der Waals surface area contributed by atoms with Gasteiger partial charge in [-0.25, -0.2) is 18.7 Å². The fourth-order valence-electron chi connectivity index (χ4n) is 1.92. The minimum Gasteiger partial charge on any atom is -0.370 e. The molecule has 0 bridgehead atoms. The molecular weight excluding hydrogens is 260 g/mol. The van der Waals surface area contributed by atoms with Gasteiger partial charge >= 0.3 is 0 Å². The van der Waals surface area contributed by atoms with Crippen molar-refractivity contribution >= 4 is 5.82 Å². The molecule has 5 heteroatoms. The number of aryl methyl sites for hydroxylation is 1. The lowest BCUT2D eigenvalue weighted by atomic mass is 10.1. The van der Waals surface area contributed by atoms with Crippen LogP contribution in [0.25, 0.3) is 0 Å². The van der Waals surface area contributed by atoms with Crippen LogP contribution in [0.3, 0.4) is 0 Å². The van der Waals surface area contributed by atoms with Gasteiger partial charge < -0.3 is 5.32 Å². The highest BCUT2D eigenvalue weighted by atomic mass is 19.1. The summed E-state index contributed by atoms with van der Waals surface area (Å²) in [6.45, 7) is 4.73. The summed E-state index contributed by atoms with van der Waals surface area (Å²) in [4.78, 5) is 8.73. The van der Waals surface area contributed by atoms with Crippen molar-refractivity contribution in [3.63, 3.8) is 0 Å². The van der Waals surface area contributed by atoms with E-state index in [0.29, 0.717) is 11.4 Å². The van der Waals surface area contributed by atoms with Gasteiger partial charge in [0.1, 0.15) is 23.3 Å². The Labute approximate surface area is 117 Å². The quantitative estimate of drug-likeness (QED) is 0.910. The summed E-state index contributed by atoms with van der Waals surface area (Å²) in [6.07, 6.45) is 1.03. The predicted molar refractivity (Wildman–Crippen MR) is 74.7 cm³/mol. The molecule has 0 aliphatic carbocycles. The van der Waals surface area contributed by atoms with Gasteiger partial charge in [-0.15, -0.1) is 0 Å². The molecule has 0 atom stereocenters. The zero-order chi connectivity index (χ0) is 14.5. The highest BCUT2D eigenvalue weighted by Crippen LogP contribution is 2.15. The molecular formula is C15H17F2N3. The third-order valence-electron chi connectivity index (χ3n) is 2.91. The molecule has 0 fully saturated rings. The Kier molecular flexibility index (Phi) is 4.61. The molecule has 0 unspecified atom stereocenters. The van der Waals surface area contributed by atoms with Gasteiger partial charge in [-0.1, -0.05) is 13.0 Å². The third-order valence-corrected chi connectivity index (χ3v) is 2.91. The largest absolute Gasteiger partial charge is 0.370 e. The van der Waals surface area contributed by atoms with E-state index in [0.717, 1.165) is 30.5 Å². The van der Waals surface area contributed by atoms with E-state index in [9.17, 15) is 8.78 Å². The SMILES string of the molecule is CCNc1cc(CC)nc(Cc2ccc(F)cc2F)n1. The van der Waals surface area contributed by atoms with Crippen molar-refractivity contribution < 1.29 is 8.78 Å². The molecule has 0 saturated heterocycles. The fraction of sp³-hybridized carbons (Fsp3) is 0.333. The molecule has 1 N–H and O–H groups in total. The number of nitrogens with one attached hydrogen (secondary N) is 1. The second kappa shape index (κ2) is 6.41. The molecule has 0 spiro atoms. The van der Waals surface area contributed by atoms with Crippen LogP contribution in [0, 0.1) is 11.6 Å². The number of benzene rings is 1. The number of hydrogen-bond donors (Lipinski definition) is 1. The minimum absolute atomic E-state index is 0.248. The molecule has 0 saturated carbocycles. The monoisotopic (exact) mass is 277 g/mol. The van der Waals surface area contributed by atoms with E-state index in [2.05, 4.69) is 15.3 Å². The molecule has 0 aliphatic rings. The number of aromatic nitrogens is 2. The molecule has 1 aromatic heterocycles. The van der Waals surface area contributed by atoms with E-state index in [4.69, 9.17) is 0 Å². The van der Waals surface area contributed by atoms with Crippen LogP contribution < -0.4 is 5.32 Å². The molecule has 0 radical (unpaired) electrons. The average molecular weight is 277 g/mol. The van der Waals surface area contributed by atoms with E-state index in [-0.39, 0.29) is 6.42 Å². The van der Waals surface area contributed by atoms with Crippen LogP contribution in [0.4, 0.5) is 14.6 Å². The maximum atomic E-state index is 13.7. The lowest BCUT2D eigenvalue weighted by molar-refractivity contribution is 0.573. The summed E-state index contributed by atoms with van der Waals surface area (Å²) in [5.41, 5.74) is 1.29. The van der Waals surface area contributed by atoms with Crippen LogP contribution in [-0.2, 0) is 12.8 Å². The van der Waals surface area contributed by atoms with Crippen molar-refractivity contribution in [2.24, 2.45) is 0 Å². The van der Waals surface area contributed by atoms with Gasteiger partial charge in [0.15, 0.2) is 0 Å². The van der Waals surface area contributed by atoms with E-state index in [1.807, 2.05) is 19.9 Å². The third kappa shape index (κ3) is 3.50. The Morgan fingerprint density at radius 1 is 1.10 bits per heavy atom. The molecule has 1 heterocycles. The zero-order valence-corrected chi connectivity index (χ0v) is 11.6. The highest BCUT2D eigenvalue weighted by Gasteiger charge is 2.09. The van der Waals surface area contributed by atoms with E-state index >= 15 is 0 Å². The predicted octanol–water partition coefficient (Wildman–Crippen LogP) is 3.34. The van der Waals surface area contributed by atoms with Crippen LogP contribution >= 0.6 is 0 Å². The topological polar surface area (TPSA) is 37.8 Å². The summed E-state index contributed by atoms with van der Waals surface area (Å²) < 4.78 is 26.5. The average Bonchev–Trinajstić information content (AvgIpc) is 2.42. The van der Waals surface area contributed by atoms with Crippen LogP contribution in [-0.4, -0.2) is 16.5 Å². The Morgan fingerprint density at radius 3 is 2.55 bits per heavy atom. The molecule has 1 aromatic carbocycles.